The van der Waals surface area contributed by atoms with Gasteiger partial charge in [0.2, 0.25) is 5.91 Å². The third kappa shape index (κ3) is 4.80. The Labute approximate surface area is 200 Å². The predicted octanol–water partition coefficient (Wildman–Crippen LogP) is 5.25. The van der Waals surface area contributed by atoms with Crippen molar-refractivity contribution in [3.05, 3.63) is 69.8 Å². The van der Waals surface area contributed by atoms with Gasteiger partial charge < -0.3 is 5.32 Å². The van der Waals surface area contributed by atoms with Gasteiger partial charge in [0, 0.05) is 22.1 Å². The average molecular weight is 507 g/mol. The lowest BCUT2D eigenvalue weighted by Crippen LogP contribution is -2.23. The SMILES string of the molecule is Cc1cc(-n2c(SCC(=O)Nc3cccc(C(F)(F)F)c3)nc3n[nH]c(C)c3c2=N)ccc1Cl. The van der Waals surface area contributed by atoms with Crippen LogP contribution in [0.3, 0.4) is 0 Å². The Morgan fingerprint density at radius 3 is 2.71 bits per heavy atom. The molecule has 0 saturated carbocycles. The summed E-state index contributed by atoms with van der Waals surface area (Å²) in [6.07, 6.45) is -4.51. The van der Waals surface area contributed by atoms with Gasteiger partial charge in [-0.05, 0) is 55.8 Å². The number of aromatic amines is 1. The summed E-state index contributed by atoms with van der Waals surface area (Å²) >= 11 is 7.19. The maximum absolute atomic E-state index is 12.9. The molecule has 176 valence electrons. The smallest absolute Gasteiger partial charge is 0.325 e. The number of carbonyl (C=O) groups is 1. The zero-order valence-electron chi connectivity index (χ0n) is 17.9. The number of rotatable bonds is 5. The average Bonchev–Trinajstić information content (AvgIpc) is 3.15. The fraction of sp³-hybridized carbons (Fsp3) is 0.182. The molecule has 0 aliphatic carbocycles. The van der Waals surface area contributed by atoms with Gasteiger partial charge in [0.15, 0.2) is 10.8 Å². The number of benzene rings is 2. The molecule has 4 aromatic rings. The Balaban J connectivity index is 1.65. The summed E-state index contributed by atoms with van der Waals surface area (Å²) in [4.78, 5) is 17.0. The van der Waals surface area contributed by atoms with E-state index in [-0.39, 0.29) is 16.9 Å². The molecule has 2 aromatic carbocycles. The number of H-pyrrole nitrogens is 1. The molecule has 34 heavy (non-hydrogen) atoms. The highest BCUT2D eigenvalue weighted by molar-refractivity contribution is 7.99. The van der Waals surface area contributed by atoms with Gasteiger partial charge in [-0.2, -0.15) is 18.3 Å². The molecular formula is C22H18ClF3N6OS. The maximum atomic E-state index is 12.9. The van der Waals surface area contributed by atoms with Crippen LogP contribution in [0.15, 0.2) is 47.6 Å². The standard InChI is InChI=1S/C22H18ClF3N6OS/c1-11-8-15(6-7-16(11)23)32-19(27)18-12(2)30-31-20(18)29-21(32)34-10-17(33)28-14-5-3-4-13(9-14)22(24,25)26/h3-9,27H,10H2,1-2H3,(H,28,33)(H,30,31). The van der Waals surface area contributed by atoms with Crippen molar-refractivity contribution < 1.29 is 18.0 Å². The first-order valence-electron chi connectivity index (χ1n) is 9.93. The number of aryl methyl sites for hydroxylation is 2. The van der Waals surface area contributed by atoms with Gasteiger partial charge in [0.05, 0.1) is 16.7 Å². The number of anilines is 1. The molecule has 7 nitrogen and oxygen atoms in total. The lowest BCUT2D eigenvalue weighted by molar-refractivity contribution is -0.137. The predicted molar refractivity (Wildman–Crippen MR) is 124 cm³/mol. The minimum Gasteiger partial charge on any atom is -0.325 e. The second kappa shape index (κ2) is 9.15. The number of halogens is 4. The number of thioether (sulfide) groups is 1. The van der Waals surface area contributed by atoms with Crippen LogP contribution < -0.4 is 10.8 Å². The van der Waals surface area contributed by atoms with Crippen LogP contribution in [-0.2, 0) is 11.0 Å². The molecule has 2 heterocycles. The highest BCUT2D eigenvalue weighted by Gasteiger charge is 2.30. The number of fused-ring (bicyclic) bond motifs is 1. The van der Waals surface area contributed by atoms with Crippen LogP contribution in [0.5, 0.6) is 0 Å². The van der Waals surface area contributed by atoms with Gasteiger partial charge in [0.25, 0.3) is 0 Å². The first-order valence-corrected chi connectivity index (χ1v) is 11.3. The van der Waals surface area contributed by atoms with Crippen LogP contribution >= 0.6 is 23.4 Å². The van der Waals surface area contributed by atoms with E-state index in [9.17, 15) is 18.0 Å². The van der Waals surface area contributed by atoms with E-state index in [0.29, 0.717) is 32.6 Å². The Kier molecular flexibility index (Phi) is 6.41. The van der Waals surface area contributed by atoms with E-state index in [1.54, 1.807) is 29.7 Å². The minimum atomic E-state index is -4.51. The fourth-order valence-electron chi connectivity index (χ4n) is 3.33. The maximum Gasteiger partial charge on any atom is 0.416 e. The molecule has 3 N–H and O–H groups in total. The van der Waals surface area contributed by atoms with E-state index in [1.165, 1.54) is 12.1 Å². The number of nitrogens with one attached hydrogen (secondary N) is 3. The summed E-state index contributed by atoms with van der Waals surface area (Å²) in [5.41, 5.74) is 1.73. The van der Waals surface area contributed by atoms with Crippen LogP contribution in [0.4, 0.5) is 18.9 Å². The largest absolute Gasteiger partial charge is 0.416 e. The zero-order chi connectivity index (χ0) is 24.6. The number of hydrogen-bond donors (Lipinski definition) is 3. The number of aromatic nitrogens is 4. The number of hydrogen-bond acceptors (Lipinski definition) is 5. The number of alkyl halides is 3. The van der Waals surface area contributed by atoms with Crippen molar-refractivity contribution in [1.29, 1.82) is 5.41 Å². The van der Waals surface area contributed by atoms with E-state index in [0.717, 1.165) is 29.5 Å². The van der Waals surface area contributed by atoms with Gasteiger partial charge in [-0.15, -0.1) is 0 Å². The lowest BCUT2D eigenvalue weighted by Gasteiger charge is -2.14. The van der Waals surface area contributed by atoms with Gasteiger partial charge >= 0.3 is 6.18 Å². The second-order valence-electron chi connectivity index (χ2n) is 7.47. The van der Waals surface area contributed by atoms with E-state index in [2.05, 4.69) is 20.5 Å². The molecule has 0 aliphatic rings. The quantitative estimate of drug-likeness (QED) is 0.254. The molecular weight excluding hydrogens is 489 g/mol. The Bertz CT molecular complexity index is 1460. The first kappa shape index (κ1) is 23.8. The number of carbonyl (C=O) groups excluding carboxylic acids is 1. The summed E-state index contributed by atoms with van der Waals surface area (Å²) < 4.78 is 40.4. The van der Waals surface area contributed by atoms with E-state index in [4.69, 9.17) is 17.0 Å². The molecule has 0 bridgehead atoms. The molecule has 2 aromatic heterocycles. The minimum absolute atomic E-state index is 0.0362. The van der Waals surface area contributed by atoms with Crippen molar-refractivity contribution in [2.75, 3.05) is 11.1 Å². The van der Waals surface area contributed by atoms with Crippen LogP contribution in [0.25, 0.3) is 16.7 Å². The topological polar surface area (TPSA) is 99.4 Å². The summed E-state index contributed by atoms with van der Waals surface area (Å²) in [5.74, 6) is -0.667. The molecule has 4 rings (SSSR count). The molecule has 0 unspecified atom stereocenters. The Morgan fingerprint density at radius 2 is 2.00 bits per heavy atom. The van der Waals surface area contributed by atoms with Crippen molar-refractivity contribution in [2.45, 2.75) is 25.2 Å². The van der Waals surface area contributed by atoms with Gasteiger partial charge in [-0.1, -0.05) is 29.4 Å². The number of nitrogens with zero attached hydrogens (tertiary/aromatic N) is 3. The van der Waals surface area contributed by atoms with Crippen molar-refractivity contribution in [3.63, 3.8) is 0 Å². The van der Waals surface area contributed by atoms with Gasteiger partial charge in [-0.25, -0.2) is 4.98 Å². The molecule has 0 atom stereocenters. The van der Waals surface area contributed by atoms with E-state index in [1.807, 2.05) is 6.92 Å². The lowest BCUT2D eigenvalue weighted by atomic mass is 10.2. The van der Waals surface area contributed by atoms with Crippen molar-refractivity contribution >= 4 is 46.0 Å². The van der Waals surface area contributed by atoms with Gasteiger partial charge in [-0.3, -0.25) is 19.9 Å². The van der Waals surface area contributed by atoms with Gasteiger partial charge in [0.1, 0.15) is 5.49 Å². The summed E-state index contributed by atoms with van der Waals surface area (Å²) in [6, 6.07) is 9.66. The zero-order valence-corrected chi connectivity index (χ0v) is 19.5. The van der Waals surface area contributed by atoms with Crippen LogP contribution in [0, 0.1) is 19.3 Å². The molecule has 0 spiro atoms. The number of amides is 1. The molecule has 0 radical (unpaired) electrons. The molecule has 12 heteroatoms. The molecule has 1 amide bonds. The summed E-state index contributed by atoms with van der Waals surface area (Å²) in [6.45, 7) is 3.61. The monoisotopic (exact) mass is 506 g/mol. The van der Waals surface area contributed by atoms with E-state index < -0.39 is 17.6 Å². The van der Waals surface area contributed by atoms with Crippen molar-refractivity contribution in [2.24, 2.45) is 0 Å². The Hall–Kier alpha value is -3.31. The second-order valence-corrected chi connectivity index (χ2v) is 8.82. The van der Waals surface area contributed by atoms with Crippen molar-refractivity contribution in [3.8, 4) is 5.69 Å². The van der Waals surface area contributed by atoms with Crippen LogP contribution in [-0.4, -0.2) is 31.4 Å². The third-order valence-electron chi connectivity index (χ3n) is 4.99. The highest BCUT2D eigenvalue weighted by Crippen LogP contribution is 2.31. The van der Waals surface area contributed by atoms with Crippen LogP contribution in [0.2, 0.25) is 5.02 Å². The normalized spacial score (nSPS) is 11.7. The Morgan fingerprint density at radius 1 is 1.24 bits per heavy atom. The molecule has 0 aliphatic heterocycles. The van der Waals surface area contributed by atoms with Crippen LogP contribution in [0.1, 0.15) is 16.8 Å². The molecule has 0 saturated heterocycles. The third-order valence-corrected chi connectivity index (χ3v) is 6.35. The first-order chi connectivity index (χ1) is 16.0. The van der Waals surface area contributed by atoms with E-state index >= 15 is 0 Å². The summed E-state index contributed by atoms with van der Waals surface area (Å²) in [5, 5.41) is 19.6. The molecule has 0 fully saturated rings. The summed E-state index contributed by atoms with van der Waals surface area (Å²) in [7, 11) is 0. The fourth-order valence-corrected chi connectivity index (χ4v) is 4.26. The van der Waals surface area contributed by atoms with Crippen molar-refractivity contribution in [1.82, 2.24) is 19.7 Å². The highest BCUT2D eigenvalue weighted by atomic mass is 35.5.